The number of rotatable bonds is 7. The highest BCUT2D eigenvalue weighted by molar-refractivity contribution is 6.01. The predicted octanol–water partition coefficient (Wildman–Crippen LogP) is 4.55. The highest BCUT2D eigenvalue weighted by Crippen LogP contribution is 2.31. The summed E-state index contributed by atoms with van der Waals surface area (Å²) in [6.45, 7) is 3.73. The Morgan fingerprint density at radius 1 is 0.943 bits per heavy atom. The maximum absolute atomic E-state index is 13.5. The molecule has 0 spiro atoms. The zero-order valence-electron chi connectivity index (χ0n) is 19.7. The van der Waals surface area contributed by atoms with Crippen molar-refractivity contribution in [2.45, 2.75) is 32.0 Å². The van der Waals surface area contributed by atoms with E-state index in [-0.39, 0.29) is 17.6 Å². The van der Waals surface area contributed by atoms with Crippen LogP contribution in [0.25, 0.3) is 0 Å². The summed E-state index contributed by atoms with van der Waals surface area (Å²) in [6.07, 6.45) is 1.98. The zero-order valence-corrected chi connectivity index (χ0v) is 19.7. The van der Waals surface area contributed by atoms with E-state index in [0.717, 1.165) is 49.2 Å². The Balaban J connectivity index is 1.20. The molecule has 0 bridgehead atoms. The van der Waals surface area contributed by atoms with Crippen molar-refractivity contribution in [2.24, 2.45) is 5.92 Å². The van der Waals surface area contributed by atoms with Gasteiger partial charge < -0.3 is 10.2 Å². The Labute approximate surface area is 205 Å². The van der Waals surface area contributed by atoms with E-state index in [1.165, 1.54) is 12.1 Å². The molecule has 1 N–H and O–H groups in total. The summed E-state index contributed by atoms with van der Waals surface area (Å²) in [7, 11) is 0. The van der Waals surface area contributed by atoms with Crippen LogP contribution in [0.5, 0.6) is 0 Å². The van der Waals surface area contributed by atoms with Crippen LogP contribution in [0, 0.1) is 11.7 Å². The van der Waals surface area contributed by atoms with E-state index in [0.29, 0.717) is 24.6 Å². The molecule has 1 saturated heterocycles. The number of piperidine rings is 1. The average molecular weight is 472 g/mol. The van der Waals surface area contributed by atoms with Gasteiger partial charge in [-0.2, -0.15) is 0 Å². The molecule has 6 heteroatoms. The topological polar surface area (TPSA) is 52.7 Å². The van der Waals surface area contributed by atoms with E-state index < -0.39 is 6.04 Å². The molecular weight excluding hydrogens is 441 g/mol. The quantitative estimate of drug-likeness (QED) is 0.550. The SMILES string of the molecule is O=C(NCC1CCN(Cc2ccc(F)cc2)CC1)C(c1ccccc1)N1Cc2ccccc2C1=O. The summed E-state index contributed by atoms with van der Waals surface area (Å²) in [5.74, 6) is -0.0485. The molecule has 2 aliphatic rings. The first kappa shape index (κ1) is 23.2. The summed E-state index contributed by atoms with van der Waals surface area (Å²) in [5.41, 5.74) is 3.56. The highest BCUT2D eigenvalue weighted by atomic mass is 19.1. The molecular formula is C29H30FN3O2. The number of fused-ring (bicyclic) bond motifs is 1. The lowest BCUT2D eigenvalue weighted by Crippen LogP contribution is -2.44. The van der Waals surface area contributed by atoms with Crippen LogP contribution in [-0.2, 0) is 17.9 Å². The van der Waals surface area contributed by atoms with E-state index in [1.807, 2.05) is 66.7 Å². The number of benzene rings is 3. The second-order valence-electron chi connectivity index (χ2n) is 9.49. The van der Waals surface area contributed by atoms with Crippen LogP contribution in [0.4, 0.5) is 4.39 Å². The molecule has 0 aliphatic carbocycles. The maximum atomic E-state index is 13.5. The number of nitrogens with zero attached hydrogens (tertiary/aromatic N) is 2. The Hall–Kier alpha value is -3.51. The number of likely N-dealkylation sites (tertiary alicyclic amines) is 1. The molecule has 3 aromatic carbocycles. The van der Waals surface area contributed by atoms with Crippen LogP contribution in [0.3, 0.4) is 0 Å². The molecule has 5 nitrogen and oxygen atoms in total. The number of hydrogen-bond acceptors (Lipinski definition) is 3. The highest BCUT2D eigenvalue weighted by Gasteiger charge is 2.37. The van der Waals surface area contributed by atoms with Crippen molar-refractivity contribution in [3.05, 3.63) is 107 Å². The first-order valence-corrected chi connectivity index (χ1v) is 12.3. The van der Waals surface area contributed by atoms with Crippen molar-refractivity contribution in [2.75, 3.05) is 19.6 Å². The van der Waals surface area contributed by atoms with Gasteiger partial charge >= 0.3 is 0 Å². The van der Waals surface area contributed by atoms with Crippen LogP contribution in [0.1, 0.15) is 45.9 Å². The lowest BCUT2D eigenvalue weighted by atomic mass is 9.96. The fourth-order valence-corrected chi connectivity index (χ4v) is 5.13. The third kappa shape index (κ3) is 5.28. The van der Waals surface area contributed by atoms with Gasteiger partial charge in [-0.25, -0.2) is 4.39 Å². The number of nitrogens with one attached hydrogen (secondary N) is 1. The zero-order chi connectivity index (χ0) is 24.2. The van der Waals surface area contributed by atoms with Gasteiger partial charge in [-0.15, -0.1) is 0 Å². The summed E-state index contributed by atoms with van der Waals surface area (Å²) in [4.78, 5) is 30.7. The fraction of sp³-hybridized carbons (Fsp3) is 0.310. The number of amides is 2. The summed E-state index contributed by atoms with van der Waals surface area (Å²) in [5, 5.41) is 3.15. The predicted molar refractivity (Wildman–Crippen MR) is 133 cm³/mol. The molecule has 0 radical (unpaired) electrons. The fourth-order valence-electron chi connectivity index (χ4n) is 5.13. The van der Waals surface area contributed by atoms with E-state index >= 15 is 0 Å². The molecule has 3 aromatic rings. The number of carbonyl (C=O) groups excluding carboxylic acids is 2. The van der Waals surface area contributed by atoms with Gasteiger partial charge in [0.05, 0.1) is 0 Å². The van der Waals surface area contributed by atoms with Gasteiger partial charge in [0.15, 0.2) is 0 Å². The van der Waals surface area contributed by atoms with Crippen LogP contribution >= 0.6 is 0 Å². The Kier molecular flexibility index (Phi) is 6.91. The number of hydrogen-bond donors (Lipinski definition) is 1. The van der Waals surface area contributed by atoms with Crippen molar-refractivity contribution in [3.63, 3.8) is 0 Å². The van der Waals surface area contributed by atoms with E-state index in [1.54, 1.807) is 4.90 Å². The van der Waals surface area contributed by atoms with Gasteiger partial charge in [0, 0.05) is 25.2 Å². The molecule has 5 rings (SSSR count). The average Bonchev–Trinajstić information content (AvgIpc) is 3.22. The normalized spacial score (nSPS) is 17.3. The molecule has 0 aromatic heterocycles. The largest absolute Gasteiger partial charge is 0.354 e. The standard InChI is InChI=1S/C29H30FN3O2/c30-25-12-10-22(11-13-25)19-32-16-14-21(15-17-32)18-31-28(34)27(23-6-2-1-3-7-23)33-20-24-8-4-5-9-26(24)29(33)35/h1-13,21,27H,14-20H2,(H,31,34). The van der Waals surface area contributed by atoms with Gasteiger partial charge in [-0.3, -0.25) is 14.5 Å². The molecule has 0 saturated carbocycles. The van der Waals surface area contributed by atoms with E-state index in [9.17, 15) is 14.0 Å². The minimum atomic E-state index is -0.658. The Morgan fingerprint density at radius 2 is 1.63 bits per heavy atom. The molecule has 1 atom stereocenters. The van der Waals surface area contributed by atoms with Gasteiger partial charge in [0.2, 0.25) is 5.91 Å². The Morgan fingerprint density at radius 3 is 2.34 bits per heavy atom. The number of carbonyl (C=O) groups is 2. The van der Waals surface area contributed by atoms with Crippen molar-refractivity contribution in [1.29, 1.82) is 0 Å². The molecule has 2 amide bonds. The first-order chi connectivity index (χ1) is 17.1. The van der Waals surface area contributed by atoms with Gasteiger partial charge in [0.1, 0.15) is 11.9 Å². The minimum absolute atomic E-state index is 0.0984. The molecule has 180 valence electrons. The lowest BCUT2D eigenvalue weighted by molar-refractivity contribution is -0.126. The molecule has 35 heavy (non-hydrogen) atoms. The molecule has 1 fully saturated rings. The first-order valence-electron chi connectivity index (χ1n) is 12.3. The summed E-state index contributed by atoms with van der Waals surface area (Å²) in [6, 6.07) is 23.1. The molecule has 2 heterocycles. The number of halogens is 1. The second kappa shape index (κ2) is 10.4. The second-order valence-corrected chi connectivity index (χ2v) is 9.49. The van der Waals surface area contributed by atoms with Crippen molar-refractivity contribution >= 4 is 11.8 Å². The maximum Gasteiger partial charge on any atom is 0.255 e. The van der Waals surface area contributed by atoms with Gasteiger partial charge in [-0.1, -0.05) is 60.7 Å². The summed E-state index contributed by atoms with van der Waals surface area (Å²) < 4.78 is 13.2. The minimum Gasteiger partial charge on any atom is -0.354 e. The van der Waals surface area contributed by atoms with E-state index in [4.69, 9.17) is 0 Å². The van der Waals surface area contributed by atoms with Gasteiger partial charge in [0.25, 0.3) is 5.91 Å². The van der Waals surface area contributed by atoms with E-state index in [2.05, 4.69) is 10.2 Å². The third-order valence-corrected chi connectivity index (χ3v) is 7.12. The van der Waals surface area contributed by atoms with Crippen molar-refractivity contribution in [3.8, 4) is 0 Å². The summed E-state index contributed by atoms with van der Waals surface area (Å²) >= 11 is 0. The van der Waals surface area contributed by atoms with Crippen molar-refractivity contribution < 1.29 is 14.0 Å². The van der Waals surface area contributed by atoms with Crippen LogP contribution in [-0.4, -0.2) is 41.2 Å². The lowest BCUT2D eigenvalue weighted by Gasteiger charge is -2.33. The monoisotopic (exact) mass is 471 g/mol. The smallest absolute Gasteiger partial charge is 0.255 e. The van der Waals surface area contributed by atoms with Crippen LogP contribution in [0.15, 0.2) is 78.9 Å². The molecule has 2 aliphatic heterocycles. The van der Waals surface area contributed by atoms with Gasteiger partial charge in [-0.05, 0) is 66.7 Å². The third-order valence-electron chi connectivity index (χ3n) is 7.12. The molecule has 1 unspecified atom stereocenters. The van der Waals surface area contributed by atoms with Crippen LogP contribution < -0.4 is 5.32 Å². The Bertz CT molecular complexity index is 1170. The van der Waals surface area contributed by atoms with Crippen LogP contribution in [0.2, 0.25) is 0 Å². The van der Waals surface area contributed by atoms with Crippen molar-refractivity contribution in [1.82, 2.24) is 15.1 Å².